The van der Waals surface area contributed by atoms with Gasteiger partial charge in [0, 0.05) is 44.2 Å². The first-order chi connectivity index (χ1) is 10.2. The Morgan fingerprint density at radius 3 is 2.52 bits per heavy atom. The van der Waals surface area contributed by atoms with Crippen LogP contribution in [0.15, 0.2) is 12.4 Å². The van der Waals surface area contributed by atoms with Gasteiger partial charge in [-0.25, -0.2) is 9.97 Å². The minimum atomic E-state index is 0.101. The van der Waals surface area contributed by atoms with Crippen LogP contribution in [0.3, 0.4) is 0 Å². The summed E-state index contributed by atoms with van der Waals surface area (Å²) < 4.78 is 5.73. The van der Waals surface area contributed by atoms with Crippen molar-refractivity contribution in [3.63, 3.8) is 0 Å². The Morgan fingerprint density at radius 1 is 1.19 bits per heavy atom. The second-order valence-electron chi connectivity index (χ2n) is 5.98. The molecule has 0 aromatic carbocycles. The fourth-order valence-corrected chi connectivity index (χ4v) is 2.51. The van der Waals surface area contributed by atoms with Gasteiger partial charge in [0.15, 0.2) is 5.82 Å². The van der Waals surface area contributed by atoms with Gasteiger partial charge < -0.3 is 9.64 Å². The molecule has 2 rings (SSSR count). The van der Waals surface area contributed by atoms with Crippen LogP contribution in [0.2, 0.25) is 0 Å². The molecule has 0 unspecified atom stereocenters. The van der Waals surface area contributed by atoms with Gasteiger partial charge in [-0.1, -0.05) is 6.92 Å². The highest BCUT2D eigenvalue weighted by molar-refractivity contribution is 5.06. The van der Waals surface area contributed by atoms with E-state index in [0.29, 0.717) is 0 Å². The molecule has 2 heterocycles. The number of ether oxygens (including phenoxy) is 1. The first-order valence-corrected chi connectivity index (χ1v) is 7.98. The van der Waals surface area contributed by atoms with Gasteiger partial charge in [0.2, 0.25) is 0 Å². The van der Waals surface area contributed by atoms with E-state index in [2.05, 4.69) is 40.8 Å². The van der Waals surface area contributed by atoms with Gasteiger partial charge in [0.25, 0.3) is 0 Å². The molecule has 1 aliphatic rings. The van der Waals surface area contributed by atoms with Crippen LogP contribution in [0.5, 0.6) is 0 Å². The molecule has 5 heteroatoms. The van der Waals surface area contributed by atoms with Crippen molar-refractivity contribution in [2.24, 2.45) is 0 Å². The predicted molar refractivity (Wildman–Crippen MR) is 84.1 cm³/mol. The number of likely N-dealkylation sites (N-methyl/N-ethyl adjacent to an activating group) is 2. The standard InChI is InChI=1S/C16H28N4O/c1-4-20(9-8-19(2)3)13-14-11-17-16(18-12-14)15-7-5-6-10-21-15/h11-12,15H,4-10,13H2,1-3H3/t15-/m1/s1. The third kappa shape index (κ3) is 5.34. The zero-order valence-electron chi connectivity index (χ0n) is 13.6. The molecule has 0 saturated carbocycles. The van der Waals surface area contributed by atoms with Crippen molar-refractivity contribution < 1.29 is 4.74 Å². The Balaban J connectivity index is 1.88. The molecule has 21 heavy (non-hydrogen) atoms. The predicted octanol–water partition coefficient (Wildman–Crippen LogP) is 2.10. The molecule has 5 nitrogen and oxygen atoms in total. The van der Waals surface area contributed by atoms with Crippen LogP contribution >= 0.6 is 0 Å². The molecule has 0 amide bonds. The molecule has 0 aliphatic carbocycles. The quantitative estimate of drug-likeness (QED) is 0.770. The van der Waals surface area contributed by atoms with Crippen LogP contribution in [0.4, 0.5) is 0 Å². The maximum Gasteiger partial charge on any atom is 0.157 e. The van der Waals surface area contributed by atoms with Crippen LogP contribution in [-0.2, 0) is 11.3 Å². The van der Waals surface area contributed by atoms with E-state index in [9.17, 15) is 0 Å². The second kappa shape index (κ2) is 8.41. The van der Waals surface area contributed by atoms with Gasteiger partial charge in [0.1, 0.15) is 6.10 Å². The van der Waals surface area contributed by atoms with E-state index >= 15 is 0 Å². The molecule has 0 N–H and O–H groups in total. The van der Waals surface area contributed by atoms with E-state index < -0.39 is 0 Å². The van der Waals surface area contributed by atoms with Gasteiger partial charge in [0.05, 0.1) is 0 Å². The molecular weight excluding hydrogens is 264 g/mol. The largest absolute Gasteiger partial charge is 0.370 e. The van der Waals surface area contributed by atoms with Crippen LogP contribution in [-0.4, -0.2) is 60.1 Å². The van der Waals surface area contributed by atoms with E-state index in [0.717, 1.165) is 51.5 Å². The van der Waals surface area contributed by atoms with Gasteiger partial charge in [-0.05, 0) is 39.9 Å². The van der Waals surface area contributed by atoms with Crippen molar-refractivity contribution >= 4 is 0 Å². The van der Waals surface area contributed by atoms with E-state index in [1.165, 1.54) is 12.0 Å². The second-order valence-corrected chi connectivity index (χ2v) is 5.98. The SMILES string of the molecule is CCN(CCN(C)C)Cc1cnc([C@H]2CCCCO2)nc1. The van der Waals surface area contributed by atoms with Crippen LogP contribution in [0.25, 0.3) is 0 Å². The molecule has 1 aliphatic heterocycles. The zero-order valence-corrected chi connectivity index (χ0v) is 13.6. The summed E-state index contributed by atoms with van der Waals surface area (Å²) in [4.78, 5) is 13.6. The lowest BCUT2D eigenvalue weighted by atomic mass is 10.1. The first kappa shape index (κ1) is 16.3. The summed E-state index contributed by atoms with van der Waals surface area (Å²) in [6.07, 6.45) is 7.43. The zero-order chi connectivity index (χ0) is 15.1. The Kier molecular flexibility index (Phi) is 6.54. The van der Waals surface area contributed by atoms with Crippen LogP contribution in [0.1, 0.15) is 43.7 Å². The Labute approximate surface area is 128 Å². The summed E-state index contributed by atoms with van der Waals surface area (Å²) in [5, 5.41) is 0. The van der Waals surface area contributed by atoms with Crippen molar-refractivity contribution in [2.75, 3.05) is 40.3 Å². The average molecular weight is 292 g/mol. The molecule has 1 saturated heterocycles. The summed E-state index contributed by atoms with van der Waals surface area (Å²) in [5.41, 5.74) is 1.18. The molecule has 1 atom stereocenters. The highest BCUT2D eigenvalue weighted by Crippen LogP contribution is 2.24. The van der Waals surface area contributed by atoms with Gasteiger partial charge in [-0.2, -0.15) is 0 Å². The number of hydrogen-bond donors (Lipinski definition) is 0. The fourth-order valence-electron chi connectivity index (χ4n) is 2.51. The molecule has 0 radical (unpaired) electrons. The van der Waals surface area contributed by atoms with Crippen LogP contribution in [0, 0.1) is 0 Å². The molecule has 0 bridgehead atoms. The molecule has 1 fully saturated rings. The maximum atomic E-state index is 5.73. The van der Waals surface area contributed by atoms with Crippen molar-refractivity contribution in [3.05, 3.63) is 23.8 Å². The lowest BCUT2D eigenvalue weighted by Crippen LogP contribution is -2.31. The third-order valence-corrected chi connectivity index (χ3v) is 3.91. The summed E-state index contributed by atoms with van der Waals surface area (Å²) in [6, 6.07) is 0. The van der Waals surface area contributed by atoms with Gasteiger partial charge in [-0.3, -0.25) is 4.90 Å². The third-order valence-electron chi connectivity index (χ3n) is 3.91. The Bertz CT molecular complexity index is 401. The summed E-state index contributed by atoms with van der Waals surface area (Å²) in [6.45, 7) is 7.13. The van der Waals surface area contributed by atoms with Crippen molar-refractivity contribution in [1.29, 1.82) is 0 Å². The lowest BCUT2D eigenvalue weighted by Gasteiger charge is -2.23. The van der Waals surface area contributed by atoms with E-state index in [-0.39, 0.29) is 6.10 Å². The minimum absolute atomic E-state index is 0.101. The number of rotatable bonds is 7. The molecule has 1 aromatic rings. The number of aromatic nitrogens is 2. The Hall–Kier alpha value is -1.04. The normalized spacial score (nSPS) is 19.4. The average Bonchev–Trinajstić information content (AvgIpc) is 2.52. The Morgan fingerprint density at radius 2 is 1.95 bits per heavy atom. The molecule has 118 valence electrons. The smallest absolute Gasteiger partial charge is 0.157 e. The first-order valence-electron chi connectivity index (χ1n) is 7.98. The molecule has 1 aromatic heterocycles. The fraction of sp³-hybridized carbons (Fsp3) is 0.750. The van der Waals surface area contributed by atoms with Crippen molar-refractivity contribution in [1.82, 2.24) is 19.8 Å². The van der Waals surface area contributed by atoms with Gasteiger partial charge >= 0.3 is 0 Å². The van der Waals surface area contributed by atoms with Crippen LogP contribution < -0.4 is 0 Å². The van der Waals surface area contributed by atoms with E-state index in [1.807, 2.05) is 12.4 Å². The van der Waals surface area contributed by atoms with E-state index in [1.54, 1.807) is 0 Å². The minimum Gasteiger partial charge on any atom is -0.370 e. The monoisotopic (exact) mass is 292 g/mol. The lowest BCUT2D eigenvalue weighted by molar-refractivity contribution is 0.00938. The highest BCUT2D eigenvalue weighted by Gasteiger charge is 2.18. The van der Waals surface area contributed by atoms with E-state index in [4.69, 9.17) is 4.74 Å². The number of nitrogens with zero attached hydrogens (tertiary/aromatic N) is 4. The highest BCUT2D eigenvalue weighted by atomic mass is 16.5. The maximum absolute atomic E-state index is 5.73. The summed E-state index contributed by atoms with van der Waals surface area (Å²) in [5.74, 6) is 0.842. The molecule has 0 spiro atoms. The van der Waals surface area contributed by atoms with Crippen molar-refractivity contribution in [3.8, 4) is 0 Å². The van der Waals surface area contributed by atoms with Crippen molar-refractivity contribution in [2.45, 2.75) is 38.8 Å². The topological polar surface area (TPSA) is 41.5 Å². The molecular formula is C16H28N4O. The number of hydrogen-bond acceptors (Lipinski definition) is 5. The van der Waals surface area contributed by atoms with Gasteiger partial charge in [-0.15, -0.1) is 0 Å². The summed E-state index contributed by atoms with van der Waals surface area (Å²) >= 11 is 0. The summed E-state index contributed by atoms with van der Waals surface area (Å²) in [7, 11) is 4.21.